The molecule has 2 saturated heterocycles. The average molecular weight is 322 g/mol. The molecule has 0 radical (unpaired) electrons. The van der Waals surface area contributed by atoms with Crippen molar-refractivity contribution in [3.05, 3.63) is 0 Å². The third-order valence-corrected chi connectivity index (χ3v) is 6.09. The smallest absolute Gasteiger partial charge is 0.220 e. The fourth-order valence-corrected chi connectivity index (χ4v) is 4.30. The Labute approximate surface area is 142 Å². The Morgan fingerprint density at radius 2 is 1.74 bits per heavy atom. The van der Waals surface area contributed by atoms with Gasteiger partial charge in [-0.25, -0.2) is 0 Å². The SMILES string of the molecule is CC(C)N1CCC(CC(=O)NC2(CN3CCCCC3)CC2)CC1. The number of hydrogen-bond acceptors (Lipinski definition) is 3. The number of rotatable bonds is 6. The summed E-state index contributed by atoms with van der Waals surface area (Å²) in [5.74, 6) is 0.901. The molecular formula is C19H35N3O. The fourth-order valence-electron chi connectivity index (χ4n) is 4.30. The molecule has 4 heteroatoms. The molecule has 0 unspecified atom stereocenters. The molecule has 3 rings (SSSR count). The summed E-state index contributed by atoms with van der Waals surface area (Å²) in [7, 11) is 0. The summed E-state index contributed by atoms with van der Waals surface area (Å²) in [5.41, 5.74) is 0.132. The van der Waals surface area contributed by atoms with E-state index in [-0.39, 0.29) is 5.54 Å². The van der Waals surface area contributed by atoms with Gasteiger partial charge in [-0.05, 0) is 84.5 Å². The van der Waals surface area contributed by atoms with Crippen LogP contribution in [0, 0.1) is 5.92 Å². The standard InChI is InChI=1S/C19H35N3O/c1-16(2)22-12-6-17(7-13-22)14-18(23)20-19(8-9-19)15-21-10-4-3-5-11-21/h16-17H,3-15H2,1-2H3,(H,20,23). The number of piperidine rings is 2. The molecule has 3 aliphatic rings. The van der Waals surface area contributed by atoms with Crippen molar-refractivity contribution >= 4 is 5.91 Å². The third kappa shape index (κ3) is 4.93. The Morgan fingerprint density at radius 1 is 1.09 bits per heavy atom. The van der Waals surface area contributed by atoms with Crippen LogP contribution in [0.5, 0.6) is 0 Å². The molecule has 3 fully saturated rings. The van der Waals surface area contributed by atoms with E-state index in [4.69, 9.17) is 0 Å². The van der Waals surface area contributed by atoms with Crippen LogP contribution in [0.15, 0.2) is 0 Å². The normalized spacial score (nSPS) is 26.4. The number of carbonyl (C=O) groups is 1. The highest BCUT2D eigenvalue weighted by molar-refractivity contribution is 5.77. The Bertz CT molecular complexity index is 391. The van der Waals surface area contributed by atoms with Crippen LogP contribution in [-0.2, 0) is 4.79 Å². The first-order chi connectivity index (χ1) is 11.1. The van der Waals surface area contributed by atoms with E-state index in [1.54, 1.807) is 0 Å². The minimum atomic E-state index is 0.132. The second kappa shape index (κ2) is 7.52. The van der Waals surface area contributed by atoms with Crippen LogP contribution in [-0.4, -0.2) is 60.0 Å². The van der Waals surface area contributed by atoms with Gasteiger partial charge in [0.15, 0.2) is 0 Å². The largest absolute Gasteiger partial charge is 0.349 e. The first-order valence-electron chi connectivity index (χ1n) is 9.84. The van der Waals surface area contributed by atoms with E-state index in [0.717, 1.165) is 26.1 Å². The van der Waals surface area contributed by atoms with E-state index >= 15 is 0 Å². The molecule has 132 valence electrons. The zero-order chi connectivity index (χ0) is 16.3. The Morgan fingerprint density at radius 3 is 2.30 bits per heavy atom. The van der Waals surface area contributed by atoms with Gasteiger partial charge in [0.2, 0.25) is 5.91 Å². The zero-order valence-electron chi connectivity index (χ0n) is 15.1. The minimum Gasteiger partial charge on any atom is -0.349 e. The predicted molar refractivity (Wildman–Crippen MR) is 94.4 cm³/mol. The van der Waals surface area contributed by atoms with Crippen LogP contribution in [0.25, 0.3) is 0 Å². The van der Waals surface area contributed by atoms with Crippen LogP contribution in [0.4, 0.5) is 0 Å². The molecule has 4 nitrogen and oxygen atoms in total. The van der Waals surface area contributed by atoms with Gasteiger partial charge in [-0.1, -0.05) is 6.42 Å². The van der Waals surface area contributed by atoms with Gasteiger partial charge in [-0.3, -0.25) is 4.79 Å². The van der Waals surface area contributed by atoms with Crippen molar-refractivity contribution in [2.24, 2.45) is 5.92 Å². The van der Waals surface area contributed by atoms with Gasteiger partial charge in [-0.15, -0.1) is 0 Å². The van der Waals surface area contributed by atoms with Gasteiger partial charge in [-0.2, -0.15) is 0 Å². The summed E-state index contributed by atoms with van der Waals surface area (Å²) in [6.07, 6.45) is 9.52. The van der Waals surface area contributed by atoms with Crippen molar-refractivity contribution in [3.8, 4) is 0 Å². The van der Waals surface area contributed by atoms with E-state index in [1.807, 2.05) is 0 Å². The van der Waals surface area contributed by atoms with Gasteiger partial charge >= 0.3 is 0 Å². The predicted octanol–water partition coefficient (Wildman–Crippen LogP) is 2.63. The minimum absolute atomic E-state index is 0.132. The number of carbonyl (C=O) groups excluding carboxylic acids is 1. The molecule has 0 spiro atoms. The first-order valence-corrected chi connectivity index (χ1v) is 9.84. The maximum Gasteiger partial charge on any atom is 0.220 e. The summed E-state index contributed by atoms with van der Waals surface area (Å²) >= 11 is 0. The summed E-state index contributed by atoms with van der Waals surface area (Å²) in [5, 5.41) is 3.40. The van der Waals surface area contributed by atoms with E-state index in [1.165, 1.54) is 58.0 Å². The summed E-state index contributed by atoms with van der Waals surface area (Å²) in [6.45, 7) is 10.4. The van der Waals surface area contributed by atoms with Crippen molar-refractivity contribution in [3.63, 3.8) is 0 Å². The molecule has 23 heavy (non-hydrogen) atoms. The lowest BCUT2D eigenvalue weighted by Gasteiger charge is -2.35. The Balaban J connectivity index is 1.39. The maximum absolute atomic E-state index is 12.5. The van der Waals surface area contributed by atoms with Gasteiger partial charge in [0, 0.05) is 19.0 Å². The summed E-state index contributed by atoms with van der Waals surface area (Å²) in [6, 6.07) is 0.643. The fraction of sp³-hybridized carbons (Fsp3) is 0.947. The molecular weight excluding hydrogens is 286 g/mol. The molecule has 2 heterocycles. The second-order valence-electron chi connectivity index (χ2n) is 8.44. The molecule has 0 atom stereocenters. The van der Waals surface area contributed by atoms with E-state index in [0.29, 0.717) is 17.9 Å². The van der Waals surface area contributed by atoms with Gasteiger partial charge in [0.25, 0.3) is 0 Å². The number of nitrogens with zero attached hydrogens (tertiary/aromatic N) is 2. The highest BCUT2D eigenvalue weighted by Crippen LogP contribution is 2.37. The topological polar surface area (TPSA) is 35.6 Å². The quantitative estimate of drug-likeness (QED) is 0.817. The van der Waals surface area contributed by atoms with Crippen LogP contribution in [0.3, 0.4) is 0 Å². The zero-order valence-corrected chi connectivity index (χ0v) is 15.1. The van der Waals surface area contributed by atoms with Gasteiger partial charge in [0.05, 0.1) is 5.54 Å². The number of hydrogen-bond donors (Lipinski definition) is 1. The lowest BCUT2D eigenvalue weighted by molar-refractivity contribution is -0.123. The molecule has 0 aromatic heterocycles. The molecule has 0 bridgehead atoms. The van der Waals surface area contributed by atoms with Gasteiger partial charge < -0.3 is 15.1 Å². The van der Waals surface area contributed by atoms with Crippen LogP contribution < -0.4 is 5.32 Å². The Hall–Kier alpha value is -0.610. The van der Waals surface area contributed by atoms with Crippen molar-refractivity contribution in [1.29, 1.82) is 0 Å². The number of likely N-dealkylation sites (tertiary alicyclic amines) is 2. The molecule has 1 aliphatic carbocycles. The van der Waals surface area contributed by atoms with E-state index in [9.17, 15) is 4.79 Å². The average Bonchev–Trinajstić information content (AvgIpc) is 3.27. The van der Waals surface area contributed by atoms with Crippen molar-refractivity contribution in [2.45, 2.75) is 76.8 Å². The molecule has 1 saturated carbocycles. The number of amides is 1. The second-order valence-corrected chi connectivity index (χ2v) is 8.44. The monoisotopic (exact) mass is 321 g/mol. The maximum atomic E-state index is 12.5. The summed E-state index contributed by atoms with van der Waals surface area (Å²) in [4.78, 5) is 17.6. The van der Waals surface area contributed by atoms with Crippen LogP contribution >= 0.6 is 0 Å². The summed E-state index contributed by atoms with van der Waals surface area (Å²) < 4.78 is 0. The molecule has 0 aromatic rings. The van der Waals surface area contributed by atoms with Crippen LogP contribution in [0.1, 0.15) is 65.2 Å². The first kappa shape index (κ1) is 17.2. The molecule has 1 amide bonds. The van der Waals surface area contributed by atoms with E-state index < -0.39 is 0 Å². The molecule has 2 aliphatic heterocycles. The van der Waals surface area contributed by atoms with E-state index in [2.05, 4.69) is 29.0 Å². The number of nitrogens with one attached hydrogen (secondary N) is 1. The van der Waals surface area contributed by atoms with Crippen LogP contribution in [0.2, 0.25) is 0 Å². The highest BCUT2D eigenvalue weighted by atomic mass is 16.1. The third-order valence-electron chi connectivity index (χ3n) is 6.09. The van der Waals surface area contributed by atoms with Crippen molar-refractivity contribution in [1.82, 2.24) is 15.1 Å². The Kier molecular flexibility index (Phi) is 5.63. The lowest BCUT2D eigenvalue weighted by Crippen LogP contribution is -2.48. The highest BCUT2D eigenvalue weighted by Gasteiger charge is 2.45. The van der Waals surface area contributed by atoms with Gasteiger partial charge in [0.1, 0.15) is 0 Å². The van der Waals surface area contributed by atoms with Crippen molar-refractivity contribution < 1.29 is 4.79 Å². The van der Waals surface area contributed by atoms with Crippen molar-refractivity contribution in [2.75, 3.05) is 32.7 Å². The lowest BCUT2D eigenvalue weighted by atomic mass is 9.92. The molecule has 0 aromatic carbocycles. The molecule has 1 N–H and O–H groups in total.